The number of hydrogen-bond acceptors (Lipinski definition) is 2. The molecule has 0 atom stereocenters. The second-order valence-corrected chi connectivity index (χ2v) is 5.28. The SMILES string of the molecule is COC=CCC1CCC(OCc2ccccc2)CC1. The van der Waals surface area contributed by atoms with Crippen LogP contribution in [0.25, 0.3) is 0 Å². The van der Waals surface area contributed by atoms with Crippen molar-refractivity contribution in [1.29, 1.82) is 0 Å². The topological polar surface area (TPSA) is 18.5 Å². The molecular formula is C17H24O2. The van der Waals surface area contributed by atoms with E-state index in [2.05, 4.69) is 30.3 Å². The summed E-state index contributed by atoms with van der Waals surface area (Å²) in [5, 5.41) is 0. The molecule has 0 aliphatic heterocycles. The van der Waals surface area contributed by atoms with Crippen molar-refractivity contribution >= 4 is 0 Å². The molecule has 0 heterocycles. The van der Waals surface area contributed by atoms with Gasteiger partial charge < -0.3 is 9.47 Å². The van der Waals surface area contributed by atoms with Gasteiger partial charge in [0, 0.05) is 0 Å². The van der Waals surface area contributed by atoms with Gasteiger partial charge in [0.25, 0.3) is 0 Å². The summed E-state index contributed by atoms with van der Waals surface area (Å²) in [4.78, 5) is 0. The molecule has 0 unspecified atom stereocenters. The summed E-state index contributed by atoms with van der Waals surface area (Å²) >= 11 is 0. The van der Waals surface area contributed by atoms with E-state index in [9.17, 15) is 0 Å². The minimum absolute atomic E-state index is 0.447. The quantitative estimate of drug-likeness (QED) is 0.709. The van der Waals surface area contributed by atoms with E-state index in [-0.39, 0.29) is 0 Å². The Morgan fingerprint density at radius 2 is 1.84 bits per heavy atom. The van der Waals surface area contributed by atoms with Crippen LogP contribution < -0.4 is 0 Å². The van der Waals surface area contributed by atoms with Gasteiger partial charge in [-0.1, -0.05) is 30.3 Å². The Morgan fingerprint density at radius 3 is 2.53 bits per heavy atom. The van der Waals surface area contributed by atoms with Crippen LogP contribution >= 0.6 is 0 Å². The van der Waals surface area contributed by atoms with Crippen molar-refractivity contribution < 1.29 is 9.47 Å². The van der Waals surface area contributed by atoms with Gasteiger partial charge in [0.1, 0.15) is 0 Å². The average molecular weight is 260 g/mol. The van der Waals surface area contributed by atoms with Crippen molar-refractivity contribution in [1.82, 2.24) is 0 Å². The van der Waals surface area contributed by atoms with Crippen LogP contribution in [0.2, 0.25) is 0 Å². The fourth-order valence-corrected chi connectivity index (χ4v) is 2.67. The molecule has 1 aromatic rings. The van der Waals surface area contributed by atoms with Crippen molar-refractivity contribution in [2.24, 2.45) is 5.92 Å². The van der Waals surface area contributed by atoms with Crippen molar-refractivity contribution in [3.8, 4) is 0 Å². The molecule has 1 aromatic carbocycles. The van der Waals surface area contributed by atoms with Gasteiger partial charge in [-0.05, 0) is 49.7 Å². The summed E-state index contributed by atoms with van der Waals surface area (Å²) in [7, 11) is 1.70. The zero-order valence-corrected chi connectivity index (χ0v) is 11.8. The number of ether oxygens (including phenoxy) is 2. The van der Waals surface area contributed by atoms with E-state index in [1.165, 1.54) is 31.2 Å². The smallest absolute Gasteiger partial charge is 0.0784 e. The lowest BCUT2D eigenvalue weighted by Crippen LogP contribution is -2.21. The fraction of sp³-hybridized carbons (Fsp3) is 0.529. The third-order valence-electron chi connectivity index (χ3n) is 3.82. The second-order valence-electron chi connectivity index (χ2n) is 5.28. The molecule has 0 radical (unpaired) electrons. The van der Waals surface area contributed by atoms with E-state index in [4.69, 9.17) is 9.47 Å². The maximum absolute atomic E-state index is 6.00. The standard InChI is InChI=1S/C17H24O2/c1-18-13-5-8-15-9-11-17(12-10-15)19-14-16-6-3-2-4-7-16/h2-7,13,15,17H,8-12,14H2,1H3. The summed E-state index contributed by atoms with van der Waals surface area (Å²) in [6.45, 7) is 0.750. The molecule has 1 saturated carbocycles. The minimum Gasteiger partial charge on any atom is -0.505 e. The number of hydrogen-bond donors (Lipinski definition) is 0. The van der Waals surface area contributed by atoms with Crippen molar-refractivity contribution in [3.63, 3.8) is 0 Å². The Morgan fingerprint density at radius 1 is 1.11 bits per heavy atom. The molecule has 1 aliphatic carbocycles. The maximum atomic E-state index is 6.00. The Kier molecular flexibility index (Phi) is 5.96. The molecule has 19 heavy (non-hydrogen) atoms. The lowest BCUT2D eigenvalue weighted by Gasteiger charge is -2.28. The Balaban J connectivity index is 1.65. The zero-order chi connectivity index (χ0) is 13.3. The average Bonchev–Trinajstić information content (AvgIpc) is 2.48. The molecule has 0 spiro atoms. The van der Waals surface area contributed by atoms with Crippen LogP contribution in [0.3, 0.4) is 0 Å². The summed E-state index contributed by atoms with van der Waals surface area (Å²) in [5.41, 5.74) is 1.27. The van der Waals surface area contributed by atoms with Crippen LogP contribution in [0.4, 0.5) is 0 Å². The van der Waals surface area contributed by atoms with E-state index in [1.54, 1.807) is 13.4 Å². The molecule has 0 bridgehead atoms. The van der Waals surface area contributed by atoms with E-state index in [1.807, 2.05) is 6.07 Å². The third-order valence-corrected chi connectivity index (χ3v) is 3.82. The molecule has 0 amide bonds. The van der Waals surface area contributed by atoms with Gasteiger partial charge in [0.2, 0.25) is 0 Å². The first-order valence-electron chi connectivity index (χ1n) is 7.22. The van der Waals surface area contributed by atoms with Crippen LogP contribution in [-0.2, 0) is 16.1 Å². The normalized spacial score (nSPS) is 23.6. The molecule has 104 valence electrons. The fourth-order valence-electron chi connectivity index (χ4n) is 2.67. The van der Waals surface area contributed by atoms with E-state index in [0.717, 1.165) is 18.9 Å². The highest BCUT2D eigenvalue weighted by atomic mass is 16.5. The number of benzene rings is 1. The van der Waals surface area contributed by atoms with E-state index >= 15 is 0 Å². The number of methoxy groups -OCH3 is 1. The van der Waals surface area contributed by atoms with Crippen molar-refractivity contribution in [3.05, 3.63) is 48.2 Å². The summed E-state index contributed by atoms with van der Waals surface area (Å²) in [5.74, 6) is 0.808. The summed E-state index contributed by atoms with van der Waals surface area (Å²) < 4.78 is 10.9. The van der Waals surface area contributed by atoms with Gasteiger partial charge in [0.05, 0.1) is 26.1 Å². The van der Waals surface area contributed by atoms with Gasteiger partial charge in [-0.25, -0.2) is 0 Å². The summed E-state index contributed by atoms with van der Waals surface area (Å²) in [6, 6.07) is 10.4. The number of rotatable bonds is 6. The molecule has 0 saturated heterocycles. The zero-order valence-electron chi connectivity index (χ0n) is 11.8. The predicted molar refractivity (Wildman–Crippen MR) is 77.7 cm³/mol. The minimum atomic E-state index is 0.447. The highest BCUT2D eigenvalue weighted by molar-refractivity contribution is 5.13. The Bertz CT molecular complexity index is 364. The molecule has 1 fully saturated rings. The van der Waals surface area contributed by atoms with Crippen molar-refractivity contribution in [2.45, 2.75) is 44.8 Å². The van der Waals surface area contributed by atoms with Gasteiger partial charge in [0.15, 0.2) is 0 Å². The molecule has 2 rings (SSSR count). The molecule has 1 aliphatic rings. The first kappa shape index (κ1) is 14.1. The maximum Gasteiger partial charge on any atom is 0.0784 e. The molecule has 0 N–H and O–H groups in total. The van der Waals surface area contributed by atoms with Crippen LogP contribution in [0.1, 0.15) is 37.7 Å². The van der Waals surface area contributed by atoms with Crippen LogP contribution in [0, 0.1) is 5.92 Å². The predicted octanol–water partition coefficient (Wildman–Crippen LogP) is 4.31. The lowest BCUT2D eigenvalue weighted by atomic mass is 9.85. The first-order chi connectivity index (χ1) is 9.38. The Labute approximate surface area is 116 Å². The molecule has 0 aromatic heterocycles. The van der Waals surface area contributed by atoms with Crippen LogP contribution in [0.15, 0.2) is 42.7 Å². The number of allylic oxidation sites excluding steroid dienone is 1. The largest absolute Gasteiger partial charge is 0.505 e. The molecule has 2 heteroatoms. The second kappa shape index (κ2) is 8.00. The van der Waals surface area contributed by atoms with Gasteiger partial charge in [-0.2, -0.15) is 0 Å². The highest BCUT2D eigenvalue weighted by Gasteiger charge is 2.20. The first-order valence-corrected chi connectivity index (χ1v) is 7.22. The van der Waals surface area contributed by atoms with Crippen LogP contribution in [-0.4, -0.2) is 13.2 Å². The summed E-state index contributed by atoms with van der Waals surface area (Å²) in [6.07, 6.45) is 10.4. The van der Waals surface area contributed by atoms with Gasteiger partial charge >= 0.3 is 0 Å². The van der Waals surface area contributed by atoms with Gasteiger partial charge in [-0.15, -0.1) is 0 Å². The molecular weight excluding hydrogens is 236 g/mol. The van der Waals surface area contributed by atoms with E-state index < -0.39 is 0 Å². The van der Waals surface area contributed by atoms with Crippen LogP contribution in [0.5, 0.6) is 0 Å². The highest BCUT2D eigenvalue weighted by Crippen LogP contribution is 2.29. The lowest BCUT2D eigenvalue weighted by molar-refractivity contribution is 0.00737. The molecule has 2 nitrogen and oxygen atoms in total. The monoisotopic (exact) mass is 260 g/mol. The third kappa shape index (κ3) is 5.07. The van der Waals surface area contributed by atoms with Gasteiger partial charge in [-0.3, -0.25) is 0 Å². The van der Waals surface area contributed by atoms with E-state index in [0.29, 0.717) is 6.10 Å². The Hall–Kier alpha value is -1.28. The van der Waals surface area contributed by atoms with Crippen molar-refractivity contribution in [2.75, 3.05) is 7.11 Å².